The van der Waals surface area contributed by atoms with E-state index < -0.39 is 40.5 Å². The second-order valence-corrected chi connectivity index (χ2v) is 8.15. The molecular weight excluding hydrogens is 358 g/mol. The van der Waals surface area contributed by atoms with Crippen molar-refractivity contribution in [2.45, 2.75) is 25.5 Å². The molecule has 0 saturated carbocycles. The summed E-state index contributed by atoms with van der Waals surface area (Å²) in [4.78, 5) is 23.5. The van der Waals surface area contributed by atoms with Crippen molar-refractivity contribution in [2.75, 3.05) is 18.1 Å². The lowest BCUT2D eigenvalue weighted by atomic mass is 10.2. The van der Waals surface area contributed by atoms with Crippen LogP contribution in [0.3, 0.4) is 0 Å². The van der Waals surface area contributed by atoms with Gasteiger partial charge in [-0.15, -0.1) is 0 Å². The van der Waals surface area contributed by atoms with Gasteiger partial charge in [0.25, 0.3) is 5.91 Å². The molecule has 1 aliphatic rings. The maximum Gasteiger partial charge on any atom is 0.347 e. The number of sulfone groups is 1. The van der Waals surface area contributed by atoms with Crippen molar-refractivity contribution in [3.05, 3.63) is 29.3 Å². The second kappa shape index (κ2) is 7.85. The molecule has 1 aromatic rings. The molecule has 1 aromatic carbocycles. The zero-order valence-electron chi connectivity index (χ0n) is 13.0. The SMILES string of the molecule is C[C@@H](Oc1ccc(Cl)cc1)C(=O)OCC(=O)N[C@H]1CCS(=O)(=O)C1. The van der Waals surface area contributed by atoms with Crippen molar-refractivity contribution in [2.24, 2.45) is 0 Å². The van der Waals surface area contributed by atoms with Crippen LogP contribution in [-0.2, 0) is 24.2 Å². The van der Waals surface area contributed by atoms with E-state index >= 15 is 0 Å². The number of halogens is 1. The first-order chi connectivity index (χ1) is 11.2. The number of esters is 1. The summed E-state index contributed by atoms with van der Waals surface area (Å²) in [6.07, 6.45) is -0.524. The number of hydrogen-bond acceptors (Lipinski definition) is 6. The highest BCUT2D eigenvalue weighted by Crippen LogP contribution is 2.17. The number of rotatable bonds is 6. The lowest BCUT2D eigenvalue weighted by Gasteiger charge is -2.15. The Labute approximate surface area is 145 Å². The molecule has 1 N–H and O–H groups in total. The van der Waals surface area contributed by atoms with E-state index in [9.17, 15) is 18.0 Å². The quantitative estimate of drug-likeness (QED) is 0.743. The van der Waals surface area contributed by atoms with E-state index in [4.69, 9.17) is 21.1 Å². The maximum atomic E-state index is 11.8. The Bertz CT molecular complexity index is 703. The lowest BCUT2D eigenvalue weighted by Crippen LogP contribution is -2.39. The van der Waals surface area contributed by atoms with E-state index in [1.807, 2.05) is 0 Å². The van der Waals surface area contributed by atoms with E-state index in [1.54, 1.807) is 24.3 Å². The Kier molecular flexibility index (Phi) is 6.06. The molecule has 2 atom stereocenters. The number of nitrogens with one attached hydrogen (secondary N) is 1. The van der Waals surface area contributed by atoms with Gasteiger partial charge in [0.05, 0.1) is 11.5 Å². The van der Waals surface area contributed by atoms with Gasteiger partial charge in [-0.2, -0.15) is 0 Å². The third-order valence-corrected chi connectivity index (χ3v) is 5.42. The molecule has 1 heterocycles. The number of carbonyl (C=O) groups is 2. The van der Waals surface area contributed by atoms with Crippen LogP contribution in [0.1, 0.15) is 13.3 Å². The first-order valence-electron chi connectivity index (χ1n) is 7.34. The van der Waals surface area contributed by atoms with Crippen molar-refractivity contribution in [3.8, 4) is 5.75 Å². The maximum absolute atomic E-state index is 11.8. The van der Waals surface area contributed by atoms with Crippen LogP contribution >= 0.6 is 11.6 Å². The van der Waals surface area contributed by atoms with Crippen LogP contribution in [0.2, 0.25) is 5.02 Å². The molecule has 1 saturated heterocycles. The van der Waals surface area contributed by atoms with Crippen LogP contribution in [0.25, 0.3) is 0 Å². The van der Waals surface area contributed by atoms with Crippen molar-refractivity contribution >= 4 is 33.3 Å². The minimum absolute atomic E-state index is 0.0592. The fourth-order valence-electron chi connectivity index (χ4n) is 2.20. The molecule has 2 rings (SSSR count). The van der Waals surface area contributed by atoms with Gasteiger partial charge >= 0.3 is 5.97 Å². The molecule has 0 aromatic heterocycles. The largest absolute Gasteiger partial charge is 0.479 e. The van der Waals surface area contributed by atoms with E-state index in [2.05, 4.69) is 5.32 Å². The van der Waals surface area contributed by atoms with E-state index in [0.29, 0.717) is 17.2 Å². The monoisotopic (exact) mass is 375 g/mol. The summed E-state index contributed by atoms with van der Waals surface area (Å²) in [6, 6.07) is 6.04. The summed E-state index contributed by atoms with van der Waals surface area (Å²) >= 11 is 5.75. The molecule has 0 spiro atoms. The molecule has 1 amide bonds. The van der Waals surface area contributed by atoms with Crippen LogP contribution in [-0.4, -0.2) is 50.6 Å². The zero-order chi connectivity index (χ0) is 17.7. The fourth-order valence-corrected chi connectivity index (χ4v) is 4.00. The van der Waals surface area contributed by atoms with Crippen LogP contribution in [0.4, 0.5) is 0 Å². The van der Waals surface area contributed by atoms with Crippen molar-refractivity contribution < 1.29 is 27.5 Å². The molecule has 0 radical (unpaired) electrons. The fraction of sp³-hybridized carbons (Fsp3) is 0.467. The van der Waals surface area contributed by atoms with Gasteiger partial charge in [-0.25, -0.2) is 13.2 Å². The lowest BCUT2D eigenvalue weighted by molar-refractivity contribution is -0.154. The third kappa shape index (κ3) is 5.68. The Balaban J connectivity index is 1.73. The number of ether oxygens (including phenoxy) is 2. The average molecular weight is 376 g/mol. The van der Waals surface area contributed by atoms with E-state index in [1.165, 1.54) is 6.92 Å². The van der Waals surface area contributed by atoms with E-state index in [0.717, 1.165) is 0 Å². The van der Waals surface area contributed by atoms with E-state index in [-0.39, 0.29) is 11.5 Å². The Hall–Kier alpha value is -1.80. The Morgan fingerprint density at radius 2 is 2.00 bits per heavy atom. The highest BCUT2D eigenvalue weighted by molar-refractivity contribution is 7.91. The summed E-state index contributed by atoms with van der Waals surface area (Å²) in [7, 11) is -3.08. The molecule has 0 aliphatic carbocycles. The van der Waals surface area contributed by atoms with Crippen LogP contribution in [0, 0.1) is 0 Å². The van der Waals surface area contributed by atoms with Gasteiger partial charge < -0.3 is 14.8 Å². The normalized spacial score (nSPS) is 20.2. The van der Waals surface area contributed by atoms with Crippen LogP contribution in [0.15, 0.2) is 24.3 Å². The Morgan fingerprint density at radius 3 is 2.58 bits per heavy atom. The van der Waals surface area contributed by atoms with Crippen molar-refractivity contribution in [3.63, 3.8) is 0 Å². The second-order valence-electron chi connectivity index (χ2n) is 5.49. The Morgan fingerprint density at radius 1 is 1.33 bits per heavy atom. The average Bonchev–Trinajstić information content (AvgIpc) is 2.85. The summed E-state index contributed by atoms with van der Waals surface area (Å²) in [5.74, 6) is -0.806. The summed E-state index contributed by atoms with van der Waals surface area (Å²) in [6.45, 7) is 1.02. The smallest absolute Gasteiger partial charge is 0.347 e. The molecule has 0 bridgehead atoms. The topological polar surface area (TPSA) is 98.8 Å². The minimum atomic E-state index is -3.08. The van der Waals surface area contributed by atoms with Gasteiger partial charge in [-0.1, -0.05) is 11.6 Å². The molecule has 1 aliphatic heterocycles. The number of carbonyl (C=O) groups excluding carboxylic acids is 2. The number of amides is 1. The highest BCUT2D eigenvalue weighted by Gasteiger charge is 2.29. The molecule has 7 nitrogen and oxygen atoms in total. The predicted octanol–water partition coefficient (Wildman–Crippen LogP) is 0.954. The van der Waals surface area contributed by atoms with Gasteiger partial charge in [0.15, 0.2) is 22.5 Å². The van der Waals surface area contributed by atoms with Gasteiger partial charge in [0.2, 0.25) is 0 Å². The predicted molar refractivity (Wildman–Crippen MR) is 87.7 cm³/mol. The summed E-state index contributed by atoms with van der Waals surface area (Å²) < 4.78 is 32.9. The number of hydrogen-bond donors (Lipinski definition) is 1. The highest BCUT2D eigenvalue weighted by atomic mass is 35.5. The molecule has 0 unspecified atom stereocenters. The van der Waals surface area contributed by atoms with Crippen LogP contribution in [0.5, 0.6) is 5.75 Å². The number of benzene rings is 1. The first-order valence-corrected chi connectivity index (χ1v) is 9.54. The molecule has 132 valence electrons. The van der Waals surface area contributed by atoms with Gasteiger partial charge in [-0.3, -0.25) is 4.79 Å². The van der Waals surface area contributed by atoms with Crippen molar-refractivity contribution in [1.29, 1.82) is 0 Å². The van der Waals surface area contributed by atoms with Crippen molar-refractivity contribution in [1.82, 2.24) is 5.32 Å². The molecule has 24 heavy (non-hydrogen) atoms. The third-order valence-electron chi connectivity index (χ3n) is 3.40. The first kappa shape index (κ1) is 18.5. The standard InChI is InChI=1S/C15H18ClNO6S/c1-10(23-13-4-2-11(16)3-5-13)15(19)22-8-14(18)17-12-6-7-24(20,21)9-12/h2-5,10,12H,6-9H2,1H3,(H,17,18)/t10-,12+/m1/s1. The minimum Gasteiger partial charge on any atom is -0.479 e. The van der Waals surface area contributed by atoms with Gasteiger partial charge in [0.1, 0.15) is 5.75 Å². The van der Waals surface area contributed by atoms with Gasteiger partial charge in [0, 0.05) is 11.1 Å². The van der Waals surface area contributed by atoms with Crippen LogP contribution < -0.4 is 10.1 Å². The zero-order valence-corrected chi connectivity index (χ0v) is 14.6. The summed E-state index contributed by atoms with van der Waals surface area (Å²) in [5.41, 5.74) is 0. The molecular formula is C15H18ClNO6S. The van der Waals surface area contributed by atoms with Gasteiger partial charge in [-0.05, 0) is 37.6 Å². The molecule has 9 heteroatoms. The summed E-state index contributed by atoms with van der Waals surface area (Å²) in [5, 5.41) is 3.08. The molecule has 1 fully saturated rings.